The highest BCUT2D eigenvalue weighted by molar-refractivity contribution is 7.89. The summed E-state index contributed by atoms with van der Waals surface area (Å²) in [7, 11) is -3.52. The Morgan fingerprint density at radius 1 is 0.957 bits per heavy atom. The molecule has 0 saturated carbocycles. The number of benzene rings is 1. The van der Waals surface area contributed by atoms with Gasteiger partial charge in [-0.15, -0.1) is 0 Å². The van der Waals surface area contributed by atoms with Crippen LogP contribution in [0, 0.1) is 0 Å². The molecule has 6 heteroatoms. The number of hydrogen-bond donors (Lipinski definition) is 2. The van der Waals surface area contributed by atoms with Crippen molar-refractivity contribution in [2.24, 2.45) is 0 Å². The maximum atomic E-state index is 12.2. The molecule has 5 nitrogen and oxygen atoms in total. The zero-order valence-corrected chi connectivity index (χ0v) is 15.7. The molecular weight excluding hydrogens is 312 g/mol. The highest BCUT2D eigenvalue weighted by Crippen LogP contribution is 2.15. The molecule has 0 heterocycles. The van der Waals surface area contributed by atoms with Crippen LogP contribution in [0.2, 0.25) is 0 Å². The fourth-order valence-electron chi connectivity index (χ4n) is 2.04. The molecule has 0 radical (unpaired) electrons. The van der Waals surface area contributed by atoms with Crippen LogP contribution < -0.4 is 10.0 Å². The van der Waals surface area contributed by atoms with Gasteiger partial charge in [0.25, 0.3) is 0 Å². The van der Waals surface area contributed by atoms with Gasteiger partial charge in [0.1, 0.15) is 0 Å². The Labute approximate surface area is 139 Å². The fourth-order valence-corrected chi connectivity index (χ4v) is 3.45. The summed E-state index contributed by atoms with van der Waals surface area (Å²) in [6.07, 6.45) is 0.957. The zero-order chi connectivity index (χ0) is 17.9. The van der Waals surface area contributed by atoms with Gasteiger partial charge in [-0.25, -0.2) is 13.1 Å². The minimum atomic E-state index is -3.52. The van der Waals surface area contributed by atoms with Crippen LogP contribution in [-0.2, 0) is 21.2 Å². The summed E-state index contributed by atoms with van der Waals surface area (Å²) in [6.45, 7) is 11.2. The van der Waals surface area contributed by atoms with E-state index in [4.69, 9.17) is 0 Å². The minimum absolute atomic E-state index is 0.0106. The lowest BCUT2D eigenvalue weighted by molar-refractivity contribution is -0.122. The largest absolute Gasteiger partial charge is 0.351 e. The molecule has 0 spiro atoms. The Bertz CT molecular complexity index is 636. The van der Waals surface area contributed by atoms with Crippen LogP contribution in [0.1, 0.15) is 53.5 Å². The van der Waals surface area contributed by atoms with Gasteiger partial charge in [0, 0.05) is 17.5 Å². The molecule has 0 fully saturated rings. The molecule has 0 bridgehead atoms. The Morgan fingerprint density at radius 2 is 1.48 bits per heavy atom. The third-order valence-corrected chi connectivity index (χ3v) is 4.60. The lowest BCUT2D eigenvalue weighted by Crippen LogP contribution is -2.40. The van der Waals surface area contributed by atoms with E-state index in [-0.39, 0.29) is 16.3 Å². The van der Waals surface area contributed by atoms with E-state index >= 15 is 0 Å². The van der Waals surface area contributed by atoms with E-state index in [1.807, 2.05) is 20.8 Å². The molecule has 2 N–H and O–H groups in total. The summed E-state index contributed by atoms with van der Waals surface area (Å²) >= 11 is 0. The lowest BCUT2D eigenvalue weighted by atomic mass is 10.1. The summed E-state index contributed by atoms with van der Waals surface area (Å²) in [5.41, 5.74) is 0.166. The number of sulfonamides is 1. The summed E-state index contributed by atoms with van der Waals surface area (Å²) in [5.74, 6) is -0.0106. The molecule has 0 unspecified atom stereocenters. The van der Waals surface area contributed by atoms with Gasteiger partial charge in [0.05, 0.1) is 4.90 Å². The van der Waals surface area contributed by atoms with Crippen molar-refractivity contribution < 1.29 is 13.2 Å². The number of nitrogens with one attached hydrogen (secondary N) is 2. The summed E-state index contributed by atoms with van der Waals surface area (Å²) in [4.78, 5) is 12.0. The Balaban J connectivity index is 2.69. The van der Waals surface area contributed by atoms with Crippen LogP contribution in [0.5, 0.6) is 0 Å². The van der Waals surface area contributed by atoms with Crippen molar-refractivity contribution in [1.82, 2.24) is 10.0 Å². The van der Waals surface area contributed by atoms with Gasteiger partial charge in [0.15, 0.2) is 0 Å². The molecule has 23 heavy (non-hydrogen) atoms. The Morgan fingerprint density at radius 3 is 1.91 bits per heavy atom. The van der Waals surface area contributed by atoms with E-state index in [9.17, 15) is 13.2 Å². The van der Waals surface area contributed by atoms with Crippen LogP contribution in [0.25, 0.3) is 0 Å². The van der Waals surface area contributed by atoms with Crippen molar-refractivity contribution >= 4 is 15.9 Å². The second-order valence-electron chi connectivity index (χ2n) is 7.80. The maximum absolute atomic E-state index is 12.2. The first-order valence-corrected chi connectivity index (χ1v) is 9.21. The molecule has 0 atom stereocenters. The van der Waals surface area contributed by atoms with Crippen molar-refractivity contribution in [2.75, 3.05) is 0 Å². The van der Waals surface area contributed by atoms with Crippen LogP contribution in [0.4, 0.5) is 0 Å². The Kier molecular flexibility index (Phi) is 5.99. The van der Waals surface area contributed by atoms with E-state index in [1.165, 1.54) is 0 Å². The topological polar surface area (TPSA) is 75.3 Å². The smallest absolute Gasteiger partial charge is 0.241 e. The number of rotatable bonds is 5. The Hall–Kier alpha value is -1.40. The summed E-state index contributed by atoms with van der Waals surface area (Å²) in [6, 6.07) is 6.65. The molecule has 0 aliphatic carbocycles. The van der Waals surface area contributed by atoms with E-state index < -0.39 is 15.6 Å². The van der Waals surface area contributed by atoms with Gasteiger partial charge in [-0.1, -0.05) is 12.1 Å². The molecule has 0 saturated heterocycles. The van der Waals surface area contributed by atoms with Crippen molar-refractivity contribution in [2.45, 2.75) is 70.4 Å². The molecule has 1 amide bonds. The monoisotopic (exact) mass is 340 g/mol. The van der Waals surface area contributed by atoms with E-state index in [0.29, 0.717) is 12.8 Å². The van der Waals surface area contributed by atoms with Gasteiger partial charge in [-0.2, -0.15) is 0 Å². The molecule has 0 aliphatic rings. The average molecular weight is 340 g/mol. The second-order valence-corrected chi connectivity index (χ2v) is 9.48. The predicted octanol–water partition coefficient (Wildman–Crippen LogP) is 2.61. The number of hydrogen-bond acceptors (Lipinski definition) is 3. The third kappa shape index (κ3) is 7.61. The molecule has 0 aliphatic heterocycles. The fraction of sp³-hybridized carbons (Fsp3) is 0.588. The molecule has 1 aromatic carbocycles. The number of aryl methyl sites for hydroxylation is 1. The van der Waals surface area contributed by atoms with Crippen LogP contribution in [0.15, 0.2) is 29.2 Å². The SMILES string of the molecule is CC(C)(C)NC(=O)CCc1ccc(S(=O)(=O)NC(C)(C)C)cc1. The molecule has 0 aromatic heterocycles. The van der Waals surface area contributed by atoms with Gasteiger partial charge < -0.3 is 5.32 Å². The van der Waals surface area contributed by atoms with Crippen LogP contribution in [-0.4, -0.2) is 25.4 Å². The highest BCUT2D eigenvalue weighted by Gasteiger charge is 2.21. The second kappa shape index (κ2) is 7.01. The van der Waals surface area contributed by atoms with Crippen molar-refractivity contribution in [3.63, 3.8) is 0 Å². The maximum Gasteiger partial charge on any atom is 0.241 e. The summed E-state index contributed by atoms with van der Waals surface area (Å²) in [5, 5.41) is 2.91. The summed E-state index contributed by atoms with van der Waals surface area (Å²) < 4.78 is 27.0. The normalized spacial score (nSPS) is 13.0. The van der Waals surface area contributed by atoms with Crippen molar-refractivity contribution in [3.05, 3.63) is 29.8 Å². The van der Waals surface area contributed by atoms with Crippen LogP contribution in [0.3, 0.4) is 0 Å². The number of carbonyl (C=O) groups excluding carboxylic acids is 1. The third-order valence-electron chi connectivity index (χ3n) is 2.83. The number of amides is 1. The first kappa shape index (κ1) is 19.6. The number of carbonyl (C=O) groups is 1. The highest BCUT2D eigenvalue weighted by atomic mass is 32.2. The van der Waals surface area contributed by atoms with Crippen LogP contribution >= 0.6 is 0 Å². The lowest BCUT2D eigenvalue weighted by Gasteiger charge is -2.21. The van der Waals surface area contributed by atoms with E-state index in [0.717, 1.165) is 5.56 Å². The minimum Gasteiger partial charge on any atom is -0.351 e. The molecular formula is C17H28N2O3S. The van der Waals surface area contributed by atoms with Gasteiger partial charge in [-0.05, 0) is 65.7 Å². The molecule has 1 rings (SSSR count). The zero-order valence-electron chi connectivity index (χ0n) is 14.9. The van der Waals surface area contributed by atoms with Crippen molar-refractivity contribution in [3.8, 4) is 0 Å². The molecule has 130 valence electrons. The van der Waals surface area contributed by atoms with Gasteiger partial charge >= 0.3 is 0 Å². The van der Waals surface area contributed by atoms with Crippen molar-refractivity contribution in [1.29, 1.82) is 0 Å². The first-order chi connectivity index (χ1) is 10.3. The predicted molar refractivity (Wildman–Crippen MR) is 92.7 cm³/mol. The van der Waals surface area contributed by atoms with Gasteiger partial charge in [0.2, 0.25) is 15.9 Å². The molecule has 1 aromatic rings. The van der Waals surface area contributed by atoms with E-state index in [2.05, 4.69) is 10.0 Å². The van der Waals surface area contributed by atoms with Gasteiger partial charge in [-0.3, -0.25) is 4.79 Å². The standard InChI is InChI=1S/C17H28N2O3S/c1-16(2,3)18-15(20)12-9-13-7-10-14(11-8-13)23(21,22)19-17(4,5)6/h7-8,10-11,19H,9,12H2,1-6H3,(H,18,20). The average Bonchev–Trinajstić information content (AvgIpc) is 2.32. The first-order valence-electron chi connectivity index (χ1n) is 7.72. The van der Waals surface area contributed by atoms with E-state index in [1.54, 1.807) is 45.0 Å². The quantitative estimate of drug-likeness (QED) is 0.865.